The third kappa shape index (κ3) is 8.25. The molecule has 6 heteroatoms. The summed E-state index contributed by atoms with van der Waals surface area (Å²) >= 11 is 3.47. The van der Waals surface area contributed by atoms with Crippen LogP contribution >= 0.6 is 15.9 Å². The monoisotopic (exact) mass is 536 g/mol. The van der Waals surface area contributed by atoms with Crippen LogP contribution in [0.2, 0.25) is 0 Å². The highest BCUT2D eigenvalue weighted by atomic mass is 79.9. The lowest BCUT2D eigenvalue weighted by atomic mass is 10.0. The minimum absolute atomic E-state index is 0.144. The molecule has 0 unspecified atom stereocenters. The molecule has 184 valence electrons. The molecule has 3 aromatic rings. The van der Waals surface area contributed by atoms with E-state index in [1.165, 1.54) is 0 Å². The van der Waals surface area contributed by atoms with E-state index < -0.39 is 6.04 Å². The highest BCUT2D eigenvalue weighted by Crippen LogP contribution is 2.19. The molecule has 35 heavy (non-hydrogen) atoms. The Morgan fingerprint density at radius 1 is 0.943 bits per heavy atom. The first-order valence-electron chi connectivity index (χ1n) is 12.0. The standard InChI is InChI=1S/C29H33BrN2O3/c1-3-4-18-31-29(34)26(19-23-11-6-5-7-12-23)32(20-24-14-16-25(30)17-15-24)28(33)21-35-27-13-9-8-10-22(27)2/h5-17,26H,3-4,18-21H2,1-2H3,(H,31,34)/t26-/m0/s1. The number of hydrogen-bond acceptors (Lipinski definition) is 3. The van der Waals surface area contributed by atoms with E-state index >= 15 is 0 Å². The number of nitrogens with zero attached hydrogens (tertiary/aromatic N) is 1. The maximum atomic E-state index is 13.6. The zero-order valence-electron chi connectivity index (χ0n) is 20.4. The number of carbonyl (C=O) groups excluding carboxylic acids is 2. The number of halogens is 1. The van der Waals surface area contributed by atoms with E-state index in [1.807, 2.05) is 85.8 Å². The molecular weight excluding hydrogens is 504 g/mol. The molecule has 0 aromatic heterocycles. The number of ether oxygens (including phenoxy) is 1. The molecule has 5 nitrogen and oxygen atoms in total. The van der Waals surface area contributed by atoms with Crippen LogP contribution in [0.25, 0.3) is 0 Å². The van der Waals surface area contributed by atoms with E-state index in [-0.39, 0.29) is 18.4 Å². The van der Waals surface area contributed by atoms with E-state index in [1.54, 1.807) is 4.90 Å². The van der Waals surface area contributed by atoms with Gasteiger partial charge < -0.3 is 15.0 Å². The number of nitrogens with one attached hydrogen (secondary N) is 1. The van der Waals surface area contributed by atoms with Gasteiger partial charge in [0.1, 0.15) is 11.8 Å². The molecule has 0 saturated carbocycles. The Bertz CT molecular complexity index is 1090. The first-order chi connectivity index (χ1) is 17.0. The van der Waals surface area contributed by atoms with Crippen LogP contribution in [0.1, 0.15) is 36.5 Å². The molecule has 0 bridgehead atoms. The fourth-order valence-corrected chi connectivity index (χ4v) is 4.05. The van der Waals surface area contributed by atoms with Crippen molar-refractivity contribution < 1.29 is 14.3 Å². The van der Waals surface area contributed by atoms with Gasteiger partial charge in [-0.05, 0) is 48.2 Å². The average Bonchev–Trinajstić information content (AvgIpc) is 2.87. The van der Waals surface area contributed by atoms with Crippen LogP contribution in [-0.2, 0) is 22.6 Å². The fourth-order valence-electron chi connectivity index (χ4n) is 3.79. The number of unbranched alkanes of at least 4 members (excludes halogenated alkanes) is 1. The fraction of sp³-hybridized carbons (Fsp3) is 0.310. The number of benzene rings is 3. The van der Waals surface area contributed by atoms with Gasteiger partial charge in [-0.15, -0.1) is 0 Å². The SMILES string of the molecule is CCCCNC(=O)[C@H](Cc1ccccc1)N(Cc1ccc(Br)cc1)C(=O)COc1ccccc1C. The zero-order chi connectivity index (χ0) is 25.0. The molecule has 0 radical (unpaired) electrons. The molecule has 0 aliphatic carbocycles. The molecular formula is C29H33BrN2O3. The summed E-state index contributed by atoms with van der Waals surface area (Å²) in [6.45, 7) is 4.77. The molecule has 0 heterocycles. The first-order valence-corrected chi connectivity index (χ1v) is 12.8. The Kier molecular flexibility index (Phi) is 10.4. The Hall–Kier alpha value is -3.12. The number of amides is 2. The molecule has 0 aliphatic rings. The van der Waals surface area contributed by atoms with Crippen molar-refractivity contribution in [2.75, 3.05) is 13.2 Å². The quantitative estimate of drug-likeness (QED) is 0.302. The van der Waals surface area contributed by atoms with Crippen LogP contribution in [0.4, 0.5) is 0 Å². The smallest absolute Gasteiger partial charge is 0.261 e. The van der Waals surface area contributed by atoms with Gasteiger partial charge in [0.05, 0.1) is 0 Å². The summed E-state index contributed by atoms with van der Waals surface area (Å²) in [4.78, 5) is 28.6. The average molecular weight is 537 g/mol. The minimum atomic E-state index is -0.661. The van der Waals surface area contributed by atoms with E-state index in [0.29, 0.717) is 25.3 Å². The molecule has 0 saturated heterocycles. The van der Waals surface area contributed by atoms with Gasteiger partial charge in [0.15, 0.2) is 6.61 Å². The number of para-hydroxylation sites is 1. The van der Waals surface area contributed by atoms with Gasteiger partial charge >= 0.3 is 0 Å². The molecule has 1 atom stereocenters. The number of aryl methyl sites for hydroxylation is 1. The maximum absolute atomic E-state index is 13.6. The second-order valence-corrected chi connectivity index (χ2v) is 9.47. The number of carbonyl (C=O) groups is 2. The van der Waals surface area contributed by atoms with Gasteiger partial charge in [-0.1, -0.05) is 89.9 Å². The molecule has 0 aliphatic heterocycles. The molecule has 0 fully saturated rings. The normalized spacial score (nSPS) is 11.5. The topological polar surface area (TPSA) is 58.6 Å². The molecule has 3 aromatic carbocycles. The third-order valence-corrected chi connectivity index (χ3v) is 6.34. The zero-order valence-corrected chi connectivity index (χ0v) is 22.0. The molecule has 0 spiro atoms. The van der Waals surface area contributed by atoms with E-state index in [9.17, 15) is 9.59 Å². The Labute approximate surface area is 216 Å². The van der Waals surface area contributed by atoms with Crippen molar-refractivity contribution in [2.45, 2.75) is 45.7 Å². The highest BCUT2D eigenvalue weighted by molar-refractivity contribution is 9.10. The van der Waals surface area contributed by atoms with E-state index in [4.69, 9.17) is 4.74 Å². The second kappa shape index (κ2) is 13.7. The third-order valence-electron chi connectivity index (χ3n) is 5.81. The lowest BCUT2D eigenvalue weighted by Crippen LogP contribution is -2.51. The minimum Gasteiger partial charge on any atom is -0.484 e. The summed E-state index contributed by atoms with van der Waals surface area (Å²) in [6.07, 6.45) is 2.29. The van der Waals surface area contributed by atoms with Gasteiger partial charge in [-0.2, -0.15) is 0 Å². The van der Waals surface area contributed by atoms with Crippen LogP contribution in [0, 0.1) is 6.92 Å². The van der Waals surface area contributed by atoms with E-state index in [2.05, 4.69) is 28.2 Å². The van der Waals surface area contributed by atoms with Gasteiger partial charge in [0.25, 0.3) is 5.91 Å². The van der Waals surface area contributed by atoms with Gasteiger partial charge in [0, 0.05) is 24.0 Å². The summed E-state index contributed by atoms with van der Waals surface area (Å²) in [6, 6.07) is 24.6. The maximum Gasteiger partial charge on any atom is 0.261 e. The van der Waals surface area contributed by atoms with E-state index in [0.717, 1.165) is 34.0 Å². The van der Waals surface area contributed by atoms with Crippen molar-refractivity contribution in [2.24, 2.45) is 0 Å². The van der Waals surface area contributed by atoms with Crippen molar-refractivity contribution in [3.05, 3.63) is 100 Å². The van der Waals surface area contributed by atoms with Crippen molar-refractivity contribution in [1.29, 1.82) is 0 Å². The van der Waals surface area contributed by atoms with Crippen molar-refractivity contribution in [3.8, 4) is 5.75 Å². The highest BCUT2D eigenvalue weighted by Gasteiger charge is 2.30. The van der Waals surface area contributed by atoms with Crippen LogP contribution in [0.15, 0.2) is 83.3 Å². The van der Waals surface area contributed by atoms with Crippen molar-refractivity contribution in [3.63, 3.8) is 0 Å². The second-order valence-electron chi connectivity index (χ2n) is 8.55. The molecule has 2 amide bonds. The summed E-state index contributed by atoms with van der Waals surface area (Å²) in [5.74, 6) is 0.280. The summed E-state index contributed by atoms with van der Waals surface area (Å²) in [7, 11) is 0. The van der Waals surface area contributed by atoms with Crippen molar-refractivity contribution in [1.82, 2.24) is 10.2 Å². The molecule has 3 rings (SSSR count). The van der Waals surface area contributed by atoms with Crippen molar-refractivity contribution >= 4 is 27.7 Å². The molecule has 1 N–H and O–H groups in total. The summed E-state index contributed by atoms with van der Waals surface area (Å²) in [5.41, 5.74) is 2.89. The predicted octanol–water partition coefficient (Wildman–Crippen LogP) is 5.69. The number of hydrogen-bond donors (Lipinski definition) is 1. The Morgan fingerprint density at radius 3 is 2.31 bits per heavy atom. The van der Waals surface area contributed by atoms with Gasteiger partial charge in [0.2, 0.25) is 5.91 Å². The predicted molar refractivity (Wildman–Crippen MR) is 143 cm³/mol. The first kappa shape index (κ1) is 26.5. The van der Waals surface area contributed by atoms with Crippen LogP contribution in [0.5, 0.6) is 5.75 Å². The lowest BCUT2D eigenvalue weighted by Gasteiger charge is -2.31. The summed E-state index contributed by atoms with van der Waals surface area (Å²) in [5, 5.41) is 3.04. The van der Waals surface area contributed by atoms with Crippen LogP contribution < -0.4 is 10.1 Å². The van der Waals surface area contributed by atoms with Crippen LogP contribution in [-0.4, -0.2) is 35.9 Å². The lowest BCUT2D eigenvalue weighted by molar-refractivity contribution is -0.142. The number of rotatable bonds is 12. The Balaban J connectivity index is 1.88. The van der Waals surface area contributed by atoms with Crippen LogP contribution in [0.3, 0.4) is 0 Å². The Morgan fingerprint density at radius 2 is 1.63 bits per heavy atom. The largest absolute Gasteiger partial charge is 0.484 e. The summed E-state index contributed by atoms with van der Waals surface area (Å²) < 4.78 is 6.84. The van der Waals surface area contributed by atoms with Gasteiger partial charge in [-0.3, -0.25) is 9.59 Å². The van der Waals surface area contributed by atoms with Gasteiger partial charge in [-0.25, -0.2) is 0 Å².